The minimum Gasteiger partial charge on any atom is -0.411 e. The highest BCUT2D eigenvalue weighted by atomic mass is 16.4. The number of nitrogens with one attached hydrogen (secondary N) is 1. The maximum Gasteiger partial charge on any atom is 0.346 e. The molecule has 3 N–H and O–H groups in total. The Morgan fingerprint density at radius 2 is 2.08 bits per heavy atom. The summed E-state index contributed by atoms with van der Waals surface area (Å²) in [5.41, 5.74) is -0.189. The van der Waals surface area contributed by atoms with E-state index in [4.69, 9.17) is 10.4 Å². The summed E-state index contributed by atoms with van der Waals surface area (Å²) in [5, 5.41) is 21.8. The van der Waals surface area contributed by atoms with Crippen LogP contribution in [0.1, 0.15) is 11.4 Å². The molecule has 0 aliphatic heterocycles. The van der Waals surface area contributed by atoms with Crippen molar-refractivity contribution in [2.45, 2.75) is 0 Å². The number of aromatic nitrogens is 2. The Hall–Kier alpha value is -2.18. The fourth-order valence-corrected chi connectivity index (χ4v) is 0.753. The van der Waals surface area contributed by atoms with Gasteiger partial charge in [0.05, 0.1) is 23.8 Å². The van der Waals surface area contributed by atoms with Gasteiger partial charge in [0.15, 0.2) is 0 Å². The first-order chi connectivity index (χ1) is 6.26. The first-order valence-electron chi connectivity index (χ1n) is 3.22. The molecule has 1 rings (SSSR count). The van der Waals surface area contributed by atoms with Crippen molar-refractivity contribution in [3.63, 3.8) is 0 Å². The fraction of sp³-hybridized carbons (Fsp3) is 0. The molecule has 13 heavy (non-hydrogen) atoms. The van der Waals surface area contributed by atoms with Crippen molar-refractivity contribution in [3.8, 4) is 0 Å². The molecule has 0 saturated heterocycles. The van der Waals surface area contributed by atoms with Crippen molar-refractivity contribution in [2.24, 2.45) is 10.3 Å². The van der Waals surface area contributed by atoms with Crippen LogP contribution in [0, 0.1) is 0 Å². The predicted molar refractivity (Wildman–Crippen MR) is 43.6 cm³/mol. The zero-order valence-corrected chi connectivity index (χ0v) is 6.38. The maximum atomic E-state index is 10.8. The quantitative estimate of drug-likeness (QED) is 0.321. The maximum absolute atomic E-state index is 10.8. The van der Waals surface area contributed by atoms with Gasteiger partial charge in [-0.05, 0) is 6.07 Å². The summed E-state index contributed by atoms with van der Waals surface area (Å²) >= 11 is 0. The Labute approximate surface area is 72.0 Å². The lowest BCUT2D eigenvalue weighted by Crippen LogP contribution is -2.14. The molecule has 7 nitrogen and oxygen atoms in total. The Morgan fingerprint density at radius 3 is 2.69 bits per heavy atom. The smallest absolute Gasteiger partial charge is 0.346 e. The SMILES string of the molecule is O=c1nc(/C=N/O)cc(C=NO)[nH]1. The van der Waals surface area contributed by atoms with Crippen molar-refractivity contribution in [3.05, 3.63) is 27.9 Å². The van der Waals surface area contributed by atoms with E-state index >= 15 is 0 Å². The molecule has 0 radical (unpaired) electrons. The van der Waals surface area contributed by atoms with Gasteiger partial charge >= 0.3 is 5.69 Å². The van der Waals surface area contributed by atoms with Crippen LogP contribution < -0.4 is 5.69 Å². The van der Waals surface area contributed by atoms with Gasteiger partial charge < -0.3 is 15.4 Å². The monoisotopic (exact) mass is 182 g/mol. The van der Waals surface area contributed by atoms with Gasteiger partial charge in [-0.15, -0.1) is 0 Å². The third-order valence-corrected chi connectivity index (χ3v) is 1.17. The molecule has 68 valence electrons. The average Bonchev–Trinajstić information content (AvgIpc) is 2.04. The lowest BCUT2D eigenvalue weighted by Gasteiger charge is -1.92. The van der Waals surface area contributed by atoms with E-state index in [2.05, 4.69) is 20.3 Å². The molecule has 0 aliphatic carbocycles. The van der Waals surface area contributed by atoms with Crippen LogP contribution in [0.25, 0.3) is 0 Å². The highest BCUT2D eigenvalue weighted by Crippen LogP contribution is 1.89. The van der Waals surface area contributed by atoms with E-state index in [9.17, 15) is 4.79 Å². The lowest BCUT2D eigenvalue weighted by molar-refractivity contribution is 0.321. The first kappa shape index (κ1) is 8.91. The molecule has 1 aromatic rings. The zero-order valence-electron chi connectivity index (χ0n) is 6.38. The Morgan fingerprint density at radius 1 is 1.38 bits per heavy atom. The van der Waals surface area contributed by atoms with Crippen LogP contribution in [-0.2, 0) is 0 Å². The molecule has 0 saturated carbocycles. The molecule has 0 aromatic carbocycles. The number of hydrogen-bond donors (Lipinski definition) is 3. The van der Waals surface area contributed by atoms with Crippen LogP contribution in [0.3, 0.4) is 0 Å². The first-order valence-corrected chi connectivity index (χ1v) is 3.22. The van der Waals surface area contributed by atoms with E-state index in [0.29, 0.717) is 0 Å². The average molecular weight is 182 g/mol. The van der Waals surface area contributed by atoms with E-state index < -0.39 is 5.69 Å². The summed E-state index contributed by atoms with van der Waals surface area (Å²) in [4.78, 5) is 16.5. The summed E-state index contributed by atoms with van der Waals surface area (Å²) in [7, 11) is 0. The lowest BCUT2D eigenvalue weighted by atomic mass is 10.3. The molecular weight excluding hydrogens is 176 g/mol. The number of H-pyrrole nitrogens is 1. The molecule has 0 fully saturated rings. The van der Waals surface area contributed by atoms with Gasteiger partial charge in [0.25, 0.3) is 0 Å². The van der Waals surface area contributed by atoms with Crippen molar-refractivity contribution in [2.75, 3.05) is 0 Å². The van der Waals surface area contributed by atoms with Crippen LogP contribution in [0.2, 0.25) is 0 Å². The third kappa shape index (κ3) is 2.40. The van der Waals surface area contributed by atoms with Crippen LogP contribution in [-0.4, -0.2) is 32.8 Å². The van der Waals surface area contributed by atoms with Gasteiger partial charge in [-0.1, -0.05) is 10.3 Å². The molecule has 0 atom stereocenters. The van der Waals surface area contributed by atoms with E-state index in [1.807, 2.05) is 0 Å². The molecule has 0 amide bonds. The third-order valence-electron chi connectivity index (χ3n) is 1.17. The number of nitrogens with zero attached hydrogens (tertiary/aromatic N) is 3. The second-order valence-electron chi connectivity index (χ2n) is 2.06. The largest absolute Gasteiger partial charge is 0.411 e. The summed E-state index contributed by atoms with van der Waals surface area (Å²) in [6, 6.07) is 1.38. The summed E-state index contributed by atoms with van der Waals surface area (Å²) in [5.74, 6) is 0. The number of rotatable bonds is 2. The van der Waals surface area contributed by atoms with Crippen molar-refractivity contribution in [1.29, 1.82) is 0 Å². The Bertz CT molecular complexity index is 362. The predicted octanol–water partition coefficient (Wildman–Crippen LogP) is -0.614. The van der Waals surface area contributed by atoms with Crippen LogP contribution in [0.4, 0.5) is 0 Å². The summed E-state index contributed by atoms with van der Waals surface area (Å²) in [6.07, 6.45) is 2.02. The molecular formula is C6H6N4O3. The number of hydrogen-bond acceptors (Lipinski definition) is 6. The minimum atomic E-state index is -0.618. The van der Waals surface area contributed by atoms with E-state index in [0.717, 1.165) is 12.4 Å². The highest BCUT2D eigenvalue weighted by molar-refractivity contribution is 5.82. The number of oxime groups is 2. The van der Waals surface area contributed by atoms with Crippen LogP contribution >= 0.6 is 0 Å². The van der Waals surface area contributed by atoms with Gasteiger partial charge in [0, 0.05) is 0 Å². The minimum absolute atomic E-state index is 0.168. The van der Waals surface area contributed by atoms with Gasteiger partial charge in [-0.2, -0.15) is 4.98 Å². The number of aromatic amines is 1. The summed E-state index contributed by atoms with van der Waals surface area (Å²) in [6.45, 7) is 0. The van der Waals surface area contributed by atoms with Crippen molar-refractivity contribution >= 4 is 12.4 Å². The summed E-state index contributed by atoms with van der Waals surface area (Å²) < 4.78 is 0. The molecule has 0 aliphatic rings. The van der Waals surface area contributed by atoms with E-state index in [1.165, 1.54) is 6.07 Å². The normalized spacial score (nSPS) is 11.4. The molecule has 0 spiro atoms. The second kappa shape index (κ2) is 4.00. The molecule has 1 heterocycles. The van der Waals surface area contributed by atoms with Gasteiger partial charge in [-0.25, -0.2) is 4.79 Å². The van der Waals surface area contributed by atoms with Crippen LogP contribution in [0.5, 0.6) is 0 Å². The van der Waals surface area contributed by atoms with Gasteiger partial charge in [0.1, 0.15) is 0 Å². The van der Waals surface area contributed by atoms with Crippen molar-refractivity contribution < 1.29 is 10.4 Å². The zero-order chi connectivity index (χ0) is 9.68. The molecule has 0 unspecified atom stereocenters. The molecule has 1 aromatic heterocycles. The Balaban J connectivity index is 3.18. The van der Waals surface area contributed by atoms with Crippen LogP contribution in [0.15, 0.2) is 21.2 Å². The van der Waals surface area contributed by atoms with E-state index in [-0.39, 0.29) is 11.4 Å². The van der Waals surface area contributed by atoms with Gasteiger partial charge in [-0.3, -0.25) is 0 Å². The van der Waals surface area contributed by atoms with Gasteiger partial charge in [0.2, 0.25) is 0 Å². The van der Waals surface area contributed by atoms with Crippen molar-refractivity contribution in [1.82, 2.24) is 9.97 Å². The second-order valence-corrected chi connectivity index (χ2v) is 2.06. The highest BCUT2D eigenvalue weighted by Gasteiger charge is 1.96. The Kier molecular flexibility index (Phi) is 2.74. The fourth-order valence-electron chi connectivity index (χ4n) is 0.753. The van der Waals surface area contributed by atoms with E-state index in [1.54, 1.807) is 0 Å². The molecule has 7 heteroatoms. The topological polar surface area (TPSA) is 111 Å². The standard InChI is InChI=1S/C6H6N4O3/c11-6-9-4(2-7-12)1-5(10-6)3-8-13/h1-3,12-13H,(H,9,10,11)/b7-2+,8-3?. The molecule has 0 bridgehead atoms.